The van der Waals surface area contributed by atoms with E-state index in [0.29, 0.717) is 6.54 Å². The normalized spacial score (nSPS) is 11.4. The zero-order valence-corrected chi connectivity index (χ0v) is 10.4. The molecule has 9 heteroatoms. The predicted octanol–water partition coefficient (Wildman–Crippen LogP) is 2.71. The summed E-state index contributed by atoms with van der Waals surface area (Å²) in [5.41, 5.74) is 0. The summed E-state index contributed by atoms with van der Waals surface area (Å²) in [7, 11) is 0. The van der Waals surface area contributed by atoms with E-state index in [0.717, 1.165) is 0 Å². The van der Waals surface area contributed by atoms with Crippen molar-refractivity contribution in [3.8, 4) is 0 Å². The predicted molar refractivity (Wildman–Crippen MR) is 62.8 cm³/mol. The lowest BCUT2D eigenvalue weighted by Crippen LogP contribution is -2.13. The second kappa shape index (κ2) is 6.58. The van der Waals surface area contributed by atoms with Crippen molar-refractivity contribution in [2.75, 3.05) is 23.7 Å². The van der Waals surface area contributed by atoms with E-state index in [1.54, 1.807) is 0 Å². The molecule has 0 unspecified atom stereocenters. The van der Waals surface area contributed by atoms with E-state index in [-0.39, 0.29) is 30.1 Å². The van der Waals surface area contributed by atoms with Crippen LogP contribution in [0.4, 0.5) is 25.1 Å². The van der Waals surface area contributed by atoms with Crippen LogP contribution in [0.5, 0.6) is 0 Å². The molecular weight excluding hydrogens is 271 g/mol. The Balaban J connectivity index is 2.46. The molecule has 0 bridgehead atoms. The van der Waals surface area contributed by atoms with Gasteiger partial charge in [0.25, 0.3) is 0 Å². The second-order valence-electron chi connectivity index (χ2n) is 3.43. The first-order chi connectivity index (χ1) is 8.40. The average Bonchev–Trinajstić information content (AvgIpc) is 2.23. The van der Waals surface area contributed by atoms with Gasteiger partial charge in [0.05, 0.1) is 0 Å². The van der Waals surface area contributed by atoms with E-state index in [1.165, 1.54) is 0 Å². The topological polar surface area (TPSA) is 62.7 Å². The molecule has 1 rings (SSSR count). The molecule has 0 saturated heterocycles. The molecule has 0 spiro atoms. The molecular formula is C9H13ClF3N5. The summed E-state index contributed by atoms with van der Waals surface area (Å²) < 4.78 is 35.7. The molecule has 18 heavy (non-hydrogen) atoms. The average molecular weight is 284 g/mol. The molecule has 0 aliphatic carbocycles. The van der Waals surface area contributed by atoms with Crippen LogP contribution in [0.2, 0.25) is 5.28 Å². The van der Waals surface area contributed by atoms with Crippen molar-refractivity contribution in [1.29, 1.82) is 0 Å². The minimum absolute atomic E-state index is 0.0146. The zero-order chi connectivity index (χ0) is 13.6. The number of nitrogens with zero attached hydrogens (tertiary/aromatic N) is 3. The summed E-state index contributed by atoms with van der Waals surface area (Å²) in [6.45, 7) is 2.58. The summed E-state index contributed by atoms with van der Waals surface area (Å²) in [5.74, 6) is 0.448. The van der Waals surface area contributed by atoms with Gasteiger partial charge in [0.1, 0.15) is 0 Å². The largest absolute Gasteiger partial charge is 0.389 e. The lowest BCUT2D eigenvalue weighted by Gasteiger charge is -2.08. The molecule has 0 atom stereocenters. The Labute approximate surface area is 107 Å². The molecule has 0 radical (unpaired) electrons. The third kappa shape index (κ3) is 5.85. The Kier molecular flexibility index (Phi) is 5.39. The number of aromatic nitrogens is 3. The lowest BCUT2D eigenvalue weighted by molar-refractivity contribution is -0.134. The first-order valence-electron chi connectivity index (χ1n) is 5.37. The highest BCUT2D eigenvalue weighted by Crippen LogP contribution is 2.21. The molecule has 0 fully saturated rings. The second-order valence-corrected chi connectivity index (χ2v) is 3.77. The molecule has 102 valence electrons. The monoisotopic (exact) mass is 283 g/mol. The SMILES string of the molecule is CCNc1nc(Cl)nc(NCCCC(F)(F)F)n1. The Bertz CT molecular complexity index is 385. The van der Waals surface area contributed by atoms with Crippen LogP contribution in [-0.2, 0) is 0 Å². The van der Waals surface area contributed by atoms with Gasteiger partial charge in [-0.05, 0) is 24.9 Å². The van der Waals surface area contributed by atoms with E-state index in [4.69, 9.17) is 11.6 Å². The maximum absolute atomic E-state index is 11.9. The van der Waals surface area contributed by atoms with E-state index < -0.39 is 12.6 Å². The van der Waals surface area contributed by atoms with Crippen LogP contribution >= 0.6 is 11.6 Å². The fourth-order valence-electron chi connectivity index (χ4n) is 1.16. The highest BCUT2D eigenvalue weighted by molar-refractivity contribution is 6.28. The van der Waals surface area contributed by atoms with Crippen LogP contribution in [0.15, 0.2) is 0 Å². The number of alkyl halides is 3. The van der Waals surface area contributed by atoms with E-state index in [2.05, 4.69) is 25.6 Å². The molecule has 2 N–H and O–H groups in total. The van der Waals surface area contributed by atoms with E-state index in [9.17, 15) is 13.2 Å². The van der Waals surface area contributed by atoms with Crippen LogP contribution in [0.3, 0.4) is 0 Å². The Hall–Kier alpha value is -1.31. The minimum Gasteiger partial charge on any atom is -0.354 e. The molecule has 0 aromatic carbocycles. The highest BCUT2D eigenvalue weighted by atomic mass is 35.5. The first kappa shape index (κ1) is 14.7. The van der Waals surface area contributed by atoms with E-state index >= 15 is 0 Å². The number of hydrogen-bond donors (Lipinski definition) is 2. The van der Waals surface area contributed by atoms with Gasteiger partial charge in [-0.1, -0.05) is 0 Å². The van der Waals surface area contributed by atoms with Gasteiger partial charge >= 0.3 is 6.18 Å². The first-order valence-corrected chi connectivity index (χ1v) is 5.74. The number of halogens is 4. The van der Waals surface area contributed by atoms with Crippen LogP contribution in [0.1, 0.15) is 19.8 Å². The van der Waals surface area contributed by atoms with Gasteiger partial charge in [-0.15, -0.1) is 0 Å². The molecule has 5 nitrogen and oxygen atoms in total. The van der Waals surface area contributed by atoms with Gasteiger partial charge in [0.2, 0.25) is 17.2 Å². The van der Waals surface area contributed by atoms with Crippen molar-refractivity contribution < 1.29 is 13.2 Å². The third-order valence-electron chi connectivity index (χ3n) is 1.86. The summed E-state index contributed by atoms with van der Waals surface area (Å²) in [4.78, 5) is 11.5. The van der Waals surface area contributed by atoms with Gasteiger partial charge in [-0.25, -0.2) is 0 Å². The molecule has 1 aromatic rings. The van der Waals surface area contributed by atoms with Crippen molar-refractivity contribution in [2.45, 2.75) is 25.9 Å². The Morgan fingerprint density at radius 2 is 1.72 bits per heavy atom. The molecule has 1 heterocycles. The Morgan fingerprint density at radius 3 is 2.28 bits per heavy atom. The quantitative estimate of drug-likeness (QED) is 0.786. The van der Waals surface area contributed by atoms with Gasteiger partial charge in [0.15, 0.2) is 0 Å². The molecule has 1 aromatic heterocycles. The summed E-state index contributed by atoms with van der Waals surface area (Å²) >= 11 is 5.65. The van der Waals surface area contributed by atoms with Crippen LogP contribution in [-0.4, -0.2) is 34.2 Å². The number of nitrogens with one attached hydrogen (secondary N) is 2. The summed E-state index contributed by atoms with van der Waals surface area (Å²) in [5, 5.41) is 5.49. The van der Waals surface area contributed by atoms with Crippen molar-refractivity contribution in [3.63, 3.8) is 0 Å². The van der Waals surface area contributed by atoms with Crippen LogP contribution in [0.25, 0.3) is 0 Å². The maximum Gasteiger partial charge on any atom is 0.389 e. The summed E-state index contributed by atoms with van der Waals surface area (Å²) in [6.07, 6.45) is -5.05. The maximum atomic E-state index is 11.9. The zero-order valence-electron chi connectivity index (χ0n) is 9.68. The standard InChI is InChI=1S/C9H13ClF3N5/c1-2-14-7-16-6(10)17-8(18-7)15-5-3-4-9(11,12)13/h2-5H2,1H3,(H2,14,15,16,17,18). The fraction of sp³-hybridized carbons (Fsp3) is 0.667. The van der Waals surface area contributed by atoms with Crippen molar-refractivity contribution in [1.82, 2.24) is 15.0 Å². The van der Waals surface area contributed by atoms with Crippen LogP contribution < -0.4 is 10.6 Å². The molecule has 0 saturated carbocycles. The van der Waals surface area contributed by atoms with Gasteiger partial charge in [0, 0.05) is 19.5 Å². The summed E-state index contributed by atoms with van der Waals surface area (Å²) in [6, 6.07) is 0. The molecule has 0 aliphatic rings. The highest BCUT2D eigenvalue weighted by Gasteiger charge is 2.25. The third-order valence-corrected chi connectivity index (χ3v) is 2.03. The van der Waals surface area contributed by atoms with Crippen molar-refractivity contribution in [3.05, 3.63) is 5.28 Å². The lowest BCUT2D eigenvalue weighted by atomic mass is 10.3. The number of hydrogen-bond acceptors (Lipinski definition) is 5. The molecule has 0 amide bonds. The minimum atomic E-state index is -4.15. The van der Waals surface area contributed by atoms with E-state index in [1.807, 2.05) is 6.92 Å². The fourth-order valence-corrected chi connectivity index (χ4v) is 1.32. The van der Waals surface area contributed by atoms with Crippen LogP contribution in [0, 0.1) is 0 Å². The molecule has 0 aliphatic heterocycles. The van der Waals surface area contributed by atoms with Gasteiger partial charge < -0.3 is 10.6 Å². The van der Waals surface area contributed by atoms with Gasteiger partial charge in [-0.3, -0.25) is 0 Å². The Morgan fingerprint density at radius 1 is 1.11 bits per heavy atom. The van der Waals surface area contributed by atoms with Crippen molar-refractivity contribution >= 4 is 23.5 Å². The number of rotatable bonds is 6. The van der Waals surface area contributed by atoms with Gasteiger partial charge in [-0.2, -0.15) is 28.1 Å². The smallest absolute Gasteiger partial charge is 0.354 e. The number of anilines is 2. The van der Waals surface area contributed by atoms with Crippen molar-refractivity contribution in [2.24, 2.45) is 0 Å².